The van der Waals surface area contributed by atoms with E-state index in [0.29, 0.717) is 10.7 Å². The van der Waals surface area contributed by atoms with Gasteiger partial charge in [0.25, 0.3) is 0 Å². The molecule has 0 heterocycles. The maximum absolute atomic E-state index is 2.66. The van der Waals surface area contributed by atoms with E-state index in [-0.39, 0.29) is 0 Å². The van der Waals surface area contributed by atoms with Crippen LogP contribution in [-0.4, -0.2) is 7.28 Å². The molecule has 0 amide bonds. The summed E-state index contributed by atoms with van der Waals surface area (Å²) in [6.07, 6.45) is 9.92. The highest BCUT2D eigenvalue weighted by Crippen LogP contribution is 2.40. The van der Waals surface area contributed by atoms with E-state index in [1.54, 1.807) is 0 Å². The minimum Gasteiger partial charge on any atom is -0.0682 e. The number of rotatable bonds is 4. The summed E-state index contributed by atoms with van der Waals surface area (Å²) in [4.78, 5) is 0. The fourth-order valence-corrected chi connectivity index (χ4v) is 3.40. The van der Waals surface area contributed by atoms with Crippen molar-refractivity contribution in [1.82, 2.24) is 0 Å². The predicted octanol–water partition coefficient (Wildman–Crippen LogP) is 6.10. The van der Waals surface area contributed by atoms with Crippen molar-refractivity contribution in [2.45, 2.75) is 97.6 Å². The van der Waals surface area contributed by atoms with Crippen LogP contribution in [-0.2, 0) is 0 Å². The number of hydrogen-bond acceptors (Lipinski definition) is 0. The molecule has 0 aromatic carbocycles. The second-order valence-electron chi connectivity index (χ2n) is 8.41. The normalized spacial score (nSPS) is 26.8. The molecule has 0 aromatic rings. The molecule has 0 bridgehead atoms. The topological polar surface area (TPSA) is 0 Å². The van der Waals surface area contributed by atoms with Gasteiger partial charge in [-0.1, -0.05) is 91.2 Å². The molecule has 2 unspecified atom stereocenters. The van der Waals surface area contributed by atoms with Gasteiger partial charge >= 0.3 is 0 Å². The van der Waals surface area contributed by atoms with Crippen LogP contribution in [0.5, 0.6) is 0 Å². The van der Waals surface area contributed by atoms with E-state index in [1.165, 1.54) is 44.9 Å². The van der Waals surface area contributed by atoms with Crippen molar-refractivity contribution >= 4 is 7.28 Å². The highest BCUT2D eigenvalue weighted by molar-refractivity contribution is 6.41. The standard InChI is InChI=1S/C17H34B/c1-7-17(5,6)18-15-10-8-9-14(11-12-15)13-16(2,3)4/h14-15H,7-13H2,1-6H3. The molecule has 0 N–H and O–H groups in total. The van der Waals surface area contributed by atoms with Crippen LogP contribution in [0.15, 0.2) is 0 Å². The molecular weight excluding hydrogens is 215 g/mol. The molecule has 0 aromatic heterocycles. The Kier molecular flexibility index (Phi) is 5.81. The Hall–Kier alpha value is 0.0649. The summed E-state index contributed by atoms with van der Waals surface area (Å²) >= 11 is 0. The summed E-state index contributed by atoms with van der Waals surface area (Å²) in [6.45, 7) is 14.3. The smallest absolute Gasteiger partial charge is 0.0682 e. The van der Waals surface area contributed by atoms with E-state index in [0.717, 1.165) is 11.7 Å². The minimum absolute atomic E-state index is 0.439. The zero-order chi connectivity index (χ0) is 13.8. The molecule has 0 nitrogen and oxygen atoms in total. The Balaban J connectivity index is 2.42. The van der Waals surface area contributed by atoms with E-state index >= 15 is 0 Å². The van der Waals surface area contributed by atoms with Crippen molar-refractivity contribution in [3.05, 3.63) is 0 Å². The third-order valence-corrected chi connectivity index (χ3v) is 4.63. The van der Waals surface area contributed by atoms with Gasteiger partial charge in [0.05, 0.1) is 0 Å². The second kappa shape index (κ2) is 6.48. The van der Waals surface area contributed by atoms with Crippen LogP contribution < -0.4 is 0 Å². The molecule has 1 heteroatoms. The second-order valence-corrected chi connectivity index (χ2v) is 8.41. The van der Waals surface area contributed by atoms with Gasteiger partial charge in [-0.05, 0) is 17.8 Å². The van der Waals surface area contributed by atoms with Gasteiger partial charge in [-0.25, -0.2) is 0 Å². The van der Waals surface area contributed by atoms with Crippen LogP contribution in [0.3, 0.4) is 0 Å². The van der Waals surface area contributed by atoms with Crippen molar-refractivity contribution in [3.8, 4) is 0 Å². The molecule has 1 aliphatic rings. The monoisotopic (exact) mass is 249 g/mol. The number of hydrogen-bond donors (Lipinski definition) is 0. The van der Waals surface area contributed by atoms with Crippen molar-refractivity contribution in [3.63, 3.8) is 0 Å². The van der Waals surface area contributed by atoms with Gasteiger partial charge in [-0.15, -0.1) is 0 Å². The van der Waals surface area contributed by atoms with Crippen LogP contribution in [0.4, 0.5) is 0 Å². The summed E-state index contributed by atoms with van der Waals surface area (Å²) in [5.74, 6) is 1.86. The van der Waals surface area contributed by atoms with Gasteiger partial charge in [0, 0.05) is 0 Å². The molecule has 2 atom stereocenters. The van der Waals surface area contributed by atoms with E-state index in [9.17, 15) is 0 Å². The summed E-state index contributed by atoms with van der Waals surface area (Å²) in [5, 5.41) is 0.439. The van der Waals surface area contributed by atoms with Gasteiger partial charge in [0.2, 0.25) is 0 Å². The van der Waals surface area contributed by atoms with Gasteiger partial charge in [-0.3, -0.25) is 0 Å². The summed E-state index contributed by atoms with van der Waals surface area (Å²) in [7, 11) is 2.66. The first-order chi connectivity index (χ1) is 8.22. The van der Waals surface area contributed by atoms with E-state index in [1.807, 2.05) is 0 Å². The molecule has 0 aliphatic heterocycles. The average Bonchev–Trinajstić information content (AvgIpc) is 2.41. The maximum Gasteiger partial charge on any atom is 0.121 e. The zero-order valence-electron chi connectivity index (χ0n) is 13.7. The maximum atomic E-state index is 2.66. The minimum atomic E-state index is 0.439. The molecule has 0 saturated heterocycles. The molecule has 1 radical (unpaired) electrons. The van der Waals surface area contributed by atoms with E-state index in [2.05, 4.69) is 48.8 Å². The van der Waals surface area contributed by atoms with Gasteiger partial charge in [-0.2, -0.15) is 0 Å². The van der Waals surface area contributed by atoms with E-state index < -0.39 is 0 Å². The van der Waals surface area contributed by atoms with Crippen molar-refractivity contribution in [1.29, 1.82) is 0 Å². The quantitative estimate of drug-likeness (QED) is 0.417. The molecule has 1 rings (SSSR count). The first kappa shape index (κ1) is 16.1. The lowest BCUT2D eigenvalue weighted by molar-refractivity contribution is 0.273. The molecule has 18 heavy (non-hydrogen) atoms. The molecular formula is C17H34B. The molecule has 1 fully saturated rings. The molecule has 105 valence electrons. The van der Waals surface area contributed by atoms with Crippen LogP contribution in [0, 0.1) is 11.3 Å². The lowest BCUT2D eigenvalue weighted by atomic mass is 9.45. The van der Waals surface area contributed by atoms with E-state index in [4.69, 9.17) is 0 Å². The third kappa shape index (κ3) is 6.30. The summed E-state index contributed by atoms with van der Waals surface area (Å²) < 4.78 is 0. The van der Waals surface area contributed by atoms with Crippen LogP contribution in [0.1, 0.15) is 86.5 Å². The lowest BCUT2D eigenvalue weighted by Gasteiger charge is -2.27. The van der Waals surface area contributed by atoms with Gasteiger partial charge in [0.15, 0.2) is 0 Å². The van der Waals surface area contributed by atoms with Crippen LogP contribution in [0.25, 0.3) is 0 Å². The highest BCUT2D eigenvalue weighted by Gasteiger charge is 2.27. The lowest BCUT2D eigenvalue weighted by Crippen LogP contribution is -2.17. The molecule has 1 aliphatic carbocycles. The predicted molar refractivity (Wildman–Crippen MR) is 84.5 cm³/mol. The molecule has 0 spiro atoms. The highest BCUT2D eigenvalue weighted by atomic mass is 14.3. The van der Waals surface area contributed by atoms with Crippen LogP contribution in [0.2, 0.25) is 11.1 Å². The summed E-state index contributed by atoms with van der Waals surface area (Å²) in [5.41, 5.74) is 0.511. The largest absolute Gasteiger partial charge is 0.121 e. The molecule has 1 saturated carbocycles. The van der Waals surface area contributed by atoms with Gasteiger partial charge in [0.1, 0.15) is 7.28 Å². The Morgan fingerprint density at radius 3 is 2.17 bits per heavy atom. The van der Waals surface area contributed by atoms with Crippen LogP contribution >= 0.6 is 0 Å². The Labute approximate surface area is 117 Å². The fraction of sp³-hybridized carbons (Fsp3) is 1.00. The third-order valence-electron chi connectivity index (χ3n) is 4.63. The first-order valence-electron chi connectivity index (χ1n) is 8.08. The van der Waals surface area contributed by atoms with Gasteiger partial charge < -0.3 is 0 Å². The summed E-state index contributed by atoms with van der Waals surface area (Å²) in [6, 6.07) is 0. The zero-order valence-corrected chi connectivity index (χ0v) is 13.7. The Morgan fingerprint density at radius 2 is 1.61 bits per heavy atom. The van der Waals surface area contributed by atoms with Crippen molar-refractivity contribution in [2.75, 3.05) is 0 Å². The fourth-order valence-electron chi connectivity index (χ4n) is 3.40. The van der Waals surface area contributed by atoms with Crippen molar-refractivity contribution in [2.24, 2.45) is 11.3 Å². The SMILES string of the molecule is CCC(C)(C)[B]C1CCCC(CC(C)(C)C)CC1. The Morgan fingerprint density at radius 1 is 0.944 bits per heavy atom. The average molecular weight is 249 g/mol. The van der Waals surface area contributed by atoms with Crippen molar-refractivity contribution < 1.29 is 0 Å². The first-order valence-corrected chi connectivity index (χ1v) is 8.08. The Bertz CT molecular complexity index is 236.